The van der Waals surface area contributed by atoms with Crippen LogP contribution in [0.4, 0.5) is 19.1 Å². The summed E-state index contributed by atoms with van der Waals surface area (Å²) in [5.41, 5.74) is 1.05. The van der Waals surface area contributed by atoms with Gasteiger partial charge in [0.1, 0.15) is 28.5 Å². The number of benzene rings is 2. The molecule has 12 nitrogen and oxygen atoms in total. The topological polar surface area (TPSA) is 141 Å². The van der Waals surface area contributed by atoms with Crippen LogP contribution in [0.25, 0.3) is 11.0 Å². The van der Waals surface area contributed by atoms with Gasteiger partial charge >= 0.3 is 6.36 Å². The summed E-state index contributed by atoms with van der Waals surface area (Å²) >= 11 is 0. The summed E-state index contributed by atoms with van der Waals surface area (Å²) in [6, 6.07) is 12.4. The maximum atomic E-state index is 12.6. The van der Waals surface area contributed by atoms with Crippen molar-refractivity contribution in [1.82, 2.24) is 30.4 Å². The van der Waals surface area contributed by atoms with Gasteiger partial charge in [0.15, 0.2) is 0 Å². The summed E-state index contributed by atoms with van der Waals surface area (Å²) in [6.45, 7) is 4.24. The van der Waals surface area contributed by atoms with E-state index in [1.165, 1.54) is 24.4 Å². The molecule has 2 aromatic heterocycles. The maximum Gasteiger partial charge on any atom is 0.573 e. The molecule has 218 valence electrons. The predicted octanol–water partition coefficient (Wildman–Crippen LogP) is 3.43. The number of hydrogen-bond acceptors (Lipinski definition) is 10. The number of fused-ring (bicyclic) bond motifs is 1. The monoisotopic (exact) mass is 583 g/mol. The highest BCUT2D eigenvalue weighted by Gasteiger charge is 2.31. The van der Waals surface area contributed by atoms with Crippen LogP contribution in [0, 0.1) is 0 Å². The predicted molar refractivity (Wildman–Crippen MR) is 142 cm³/mol. The van der Waals surface area contributed by atoms with Gasteiger partial charge in [0, 0.05) is 50.1 Å². The largest absolute Gasteiger partial charge is 0.573 e. The molecule has 5 rings (SSSR count). The number of nitrogens with one attached hydrogen (secondary N) is 2. The van der Waals surface area contributed by atoms with Crippen molar-refractivity contribution in [3.63, 3.8) is 0 Å². The molecule has 1 aliphatic heterocycles. The second-order valence-electron chi connectivity index (χ2n) is 9.00. The third-order valence-corrected chi connectivity index (χ3v) is 6.02. The highest BCUT2D eigenvalue weighted by molar-refractivity contribution is 6.03. The van der Waals surface area contributed by atoms with Crippen LogP contribution < -0.4 is 20.1 Å². The molecule has 0 unspecified atom stereocenters. The zero-order valence-corrected chi connectivity index (χ0v) is 21.9. The van der Waals surface area contributed by atoms with E-state index in [0.29, 0.717) is 42.3 Å². The Hall–Kier alpha value is -4.89. The minimum absolute atomic E-state index is 0.0690. The number of pyridine rings is 1. The van der Waals surface area contributed by atoms with Crippen LogP contribution >= 0.6 is 0 Å². The number of carbonyl (C=O) groups is 2. The summed E-state index contributed by atoms with van der Waals surface area (Å²) in [5, 5.41) is 13.3. The molecule has 15 heteroatoms. The van der Waals surface area contributed by atoms with Gasteiger partial charge in [-0.3, -0.25) is 24.8 Å². The fourth-order valence-electron chi connectivity index (χ4n) is 3.99. The average molecular weight is 584 g/mol. The standard InChI is InChI=1S/C27H24F3N7O5/c28-27(29,30)42-18-3-1-17(2-4-18)24(38)34-26-33-21-6-5-19(15-22(21)35-36-26)41-20-7-8-31-23(16-20)25(39)32-9-10-37-11-13-40-14-12-37/h1-8,15-16H,9-14H2,(H,32,39)(H,33,34,36,38). The molecule has 1 aliphatic rings. The van der Waals surface area contributed by atoms with Crippen molar-refractivity contribution >= 4 is 28.8 Å². The van der Waals surface area contributed by atoms with Crippen LogP contribution in [0.5, 0.6) is 17.2 Å². The summed E-state index contributed by atoms with van der Waals surface area (Å²) in [7, 11) is 0. The first-order valence-corrected chi connectivity index (χ1v) is 12.8. The van der Waals surface area contributed by atoms with Crippen molar-refractivity contribution in [1.29, 1.82) is 0 Å². The van der Waals surface area contributed by atoms with Crippen LogP contribution in [0.2, 0.25) is 0 Å². The van der Waals surface area contributed by atoms with Crippen molar-refractivity contribution in [3.8, 4) is 17.2 Å². The number of morpholine rings is 1. The lowest BCUT2D eigenvalue weighted by atomic mass is 10.2. The number of hydrogen-bond donors (Lipinski definition) is 2. The van der Waals surface area contributed by atoms with E-state index in [-0.39, 0.29) is 23.1 Å². The summed E-state index contributed by atoms with van der Waals surface area (Å²) in [6.07, 6.45) is -3.36. The summed E-state index contributed by atoms with van der Waals surface area (Å²) in [5.74, 6) is -0.724. The molecule has 0 radical (unpaired) electrons. The molecule has 2 aromatic carbocycles. The zero-order valence-electron chi connectivity index (χ0n) is 21.9. The maximum absolute atomic E-state index is 12.6. The van der Waals surface area contributed by atoms with Gasteiger partial charge in [0.25, 0.3) is 11.8 Å². The molecule has 0 saturated carbocycles. The Morgan fingerprint density at radius 1 is 0.905 bits per heavy atom. The molecule has 3 heterocycles. The molecule has 2 amide bonds. The lowest BCUT2D eigenvalue weighted by molar-refractivity contribution is -0.274. The lowest BCUT2D eigenvalue weighted by Crippen LogP contribution is -2.41. The van der Waals surface area contributed by atoms with Gasteiger partial charge < -0.3 is 19.5 Å². The van der Waals surface area contributed by atoms with Gasteiger partial charge in [0.2, 0.25) is 5.95 Å². The fraction of sp³-hybridized carbons (Fsp3) is 0.259. The van der Waals surface area contributed by atoms with E-state index in [2.05, 4.69) is 40.4 Å². The van der Waals surface area contributed by atoms with E-state index < -0.39 is 18.0 Å². The van der Waals surface area contributed by atoms with Crippen LogP contribution in [0.3, 0.4) is 0 Å². The third kappa shape index (κ3) is 7.86. The number of alkyl halides is 3. The number of anilines is 1. The lowest BCUT2D eigenvalue weighted by Gasteiger charge is -2.26. The first kappa shape index (κ1) is 28.6. The van der Waals surface area contributed by atoms with E-state index in [0.717, 1.165) is 31.8 Å². The molecule has 0 atom stereocenters. The SMILES string of the molecule is O=C(Nc1nnc2cc(Oc3ccnc(C(=O)NCCN4CCOCC4)c3)ccc2n1)c1ccc(OC(F)(F)F)cc1. The molecule has 2 N–H and O–H groups in total. The molecule has 42 heavy (non-hydrogen) atoms. The van der Waals surface area contributed by atoms with Gasteiger partial charge in [0.05, 0.1) is 18.7 Å². The number of nitrogens with zero attached hydrogens (tertiary/aromatic N) is 5. The van der Waals surface area contributed by atoms with E-state index >= 15 is 0 Å². The second kappa shape index (κ2) is 12.7. The van der Waals surface area contributed by atoms with Gasteiger partial charge in [-0.2, -0.15) is 0 Å². The van der Waals surface area contributed by atoms with E-state index in [9.17, 15) is 22.8 Å². The number of carbonyl (C=O) groups excluding carboxylic acids is 2. The highest BCUT2D eigenvalue weighted by atomic mass is 19.4. The van der Waals surface area contributed by atoms with E-state index in [4.69, 9.17) is 9.47 Å². The van der Waals surface area contributed by atoms with Crippen molar-refractivity contribution < 1.29 is 37.0 Å². The van der Waals surface area contributed by atoms with Crippen LogP contribution in [-0.4, -0.2) is 82.6 Å². The van der Waals surface area contributed by atoms with Crippen LogP contribution in [0.15, 0.2) is 60.8 Å². The molecule has 0 spiro atoms. The minimum Gasteiger partial charge on any atom is -0.457 e. The highest BCUT2D eigenvalue weighted by Crippen LogP contribution is 2.25. The molecule has 4 aromatic rings. The Morgan fingerprint density at radius 3 is 2.40 bits per heavy atom. The van der Waals surface area contributed by atoms with Gasteiger partial charge in [-0.15, -0.1) is 23.4 Å². The average Bonchev–Trinajstić information content (AvgIpc) is 2.97. The number of halogens is 3. The second-order valence-corrected chi connectivity index (χ2v) is 9.00. The van der Waals surface area contributed by atoms with Crippen molar-refractivity contribution in [3.05, 3.63) is 72.1 Å². The van der Waals surface area contributed by atoms with Crippen LogP contribution in [-0.2, 0) is 4.74 Å². The molecular formula is C27H24F3N7O5. The number of amides is 2. The first-order valence-electron chi connectivity index (χ1n) is 12.8. The van der Waals surface area contributed by atoms with E-state index in [1.807, 2.05) is 0 Å². The Balaban J connectivity index is 1.18. The van der Waals surface area contributed by atoms with Crippen molar-refractivity contribution in [2.75, 3.05) is 44.7 Å². The number of aromatic nitrogens is 4. The Morgan fingerprint density at radius 2 is 1.64 bits per heavy atom. The quantitative estimate of drug-likeness (QED) is 0.301. The van der Waals surface area contributed by atoms with Gasteiger partial charge in [-0.05, 0) is 42.5 Å². The molecular weight excluding hydrogens is 559 g/mol. The smallest absolute Gasteiger partial charge is 0.457 e. The Kier molecular flexibility index (Phi) is 8.68. The first-order chi connectivity index (χ1) is 20.2. The van der Waals surface area contributed by atoms with Gasteiger partial charge in [-0.25, -0.2) is 4.98 Å². The number of ether oxygens (including phenoxy) is 3. The Bertz CT molecular complexity index is 1560. The van der Waals surface area contributed by atoms with Crippen LogP contribution in [0.1, 0.15) is 20.8 Å². The van der Waals surface area contributed by atoms with E-state index in [1.54, 1.807) is 24.3 Å². The molecule has 1 fully saturated rings. The minimum atomic E-state index is -4.83. The molecule has 0 aliphatic carbocycles. The van der Waals surface area contributed by atoms with Crippen molar-refractivity contribution in [2.45, 2.75) is 6.36 Å². The van der Waals surface area contributed by atoms with Gasteiger partial charge in [-0.1, -0.05) is 0 Å². The molecule has 0 bridgehead atoms. The normalized spacial score (nSPS) is 13.9. The summed E-state index contributed by atoms with van der Waals surface area (Å²) < 4.78 is 52.0. The Labute approximate surface area is 236 Å². The summed E-state index contributed by atoms with van der Waals surface area (Å²) in [4.78, 5) is 35.6. The van der Waals surface area contributed by atoms with Crippen molar-refractivity contribution in [2.24, 2.45) is 0 Å². The number of rotatable bonds is 9. The third-order valence-electron chi connectivity index (χ3n) is 6.02. The zero-order chi connectivity index (χ0) is 29.5. The fourth-order valence-corrected chi connectivity index (χ4v) is 3.99. The molecule has 1 saturated heterocycles.